The highest BCUT2D eigenvalue weighted by molar-refractivity contribution is 6.39. The summed E-state index contributed by atoms with van der Waals surface area (Å²) in [5, 5.41) is 26.0. The number of aromatic hydroxyl groups is 1. The van der Waals surface area contributed by atoms with Gasteiger partial charge in [0.1, 0.15) is 10.8 Å². The van der Waals surface area contributed by atoms with Crippen molar-refractivity contribution in [3.63, 3.8) is 0 Å². The number of benzene rings is 2. The second-order valence-electron chi connectivity index (χ2n) is 4.64. The largest absolute Gasteiger partial charge is 0.507 e. The minimum Gasteiger partial charge on any atom is -0.507 e. The fourth-order valence-electron chi connectivity index (χ4n) is 1.73. The van der Waals surface area contributed by atoms with E-state index in [2.05, 4.69) is 10.4 Å². The van der Waals surface area contributed by atoms with Crippen molar-refractivity contribution in [2.24, 2.45) is 5.10 Å². The number of hydrazone groups is 1. The van der Waals surface area contributed by atoms with E-state index in [4.69, 9.17) is 11.6 Å². The van der Waals surface area contributed by atoms with Crippen LogP contribution >= 0.6 is 11.6 Å². The number of phenols is 1. The summed E-state index contributed by atoms with van der Waals surface area (Å²) in [7, 11) is 0. The molecule has 0 spiro atoms. The van der Waals surface area contributed by atoms with Crippen LogP contribution in [-0.4, -0.2) is 28.1 Å². The first kappa shape index (κ1) is 17.9. The van der Waals surface area contributed by atoms with Crippen LogP contribution in [0.5, 0.6) is 5.75 Å². The van der Waals surface area contributed by atoms with Crippen molar-refractivity contribution in [2.45, 2.75) is 0 Å². The van der Waals surface area contributed by atoms with Gasteiger partial charge in [-0.25, -0.2) is 5.43 Å². The highest BCUT2D eigenvalue weighted by Gasteiger charge is 2.17. The number of halogens is 1. The molecule has 0 bridgehead atoms. The number of rotatable bonds is 4. The molecule has 10 heteroatoms. The lowest BCUT2D eigenvalue weighted by atomic mass is 10.2. The maximum atomic E-state index is 11.7. The van der Waals surface area contributed by atoms with Crippen LogP contribution in [0.4, 0.5) is 11.4 Å². The van der Waals surface area contributed by atoms with Gasteiger partial charge in [-0.05, 0) is 24.3 Å². The van der Waals surface area contributed by atoms with Crippen LogP contribution in [0.25, 0.3) is 0 Å². The molecule has 0 radical (unpaired) electrons. The van der Waals surface area contributed by atoms with Gasteiger partial charge in [0.2, 0.25) is 0 Å². The highest BCUT2D eigenvalue weighted by atomic mass is 35.5. The fourth-order valence-corrected chi connectivity index (χ4v) is 1.91. The molecule has 25 heavy (non-hydrogen) atoms. The Hall–Kier alpha value is -3.46. The predicted octanol–water partition coefficient (Wildman–Crippen LogP) is 2.04. The lowest BCUT2D eigenvalue weighted by Gasteiger charge is -2.04. The Morgan fingerprint density at radius 1 is 1.20 bits per heavy atom. The molecule has 0 heterocycles. The summed E-state index contributed by atoms with van der Waals surface area (Å²) in [6.07, 6.45) is 1.16. The molecular weight excluding hydrogens is 352 g/mol. The van der Waals surface area contributed by atoms with Gasteiger partial charge in [0.25, 0.3) is 5.69 Å². The number of hydrogen-bond donors (Lipinski definition) is 3. The number of nitrogens with one attached hydrogen (secondary N) is 2. The standard InChI is InChI=1S/C15H11ClN4O5/c16-11-6-5-10(7-12(11)20(24)25)18-14(22)15(23)19-17-8-9-3-1-2-4-13(9)21/h1-8,21H,(H,18,22)(H,19,23). The van der Waals surface area contributed by atoms with Crippen molar-refractivity contribution < 1.29 is 19.6 Å². The van der Waals surface area contributed by atoms with Crippen LogP contribution < -0.4 is 10.7 Å². The smallest absolute Gasteiger partial charge is 0.329 e. The summed E-state index contributed by atoms with van der Waals surface area (Å²) in [6.45, 7) is 0. The zero-order chi connectivity index (χ0) is 18.4. The van der Waals surface area contributed by atoms with E-state index in [1.54, 1.807) is 18.2 Å². The van der Waals surface area contributed by atoms with Gasteiger partial charge >= 0.3 is 11.8 Å². The molecular formula is C15H11ClN4O5. The van der Waals surface area contributed by atoms with Crippen LogP contribution in [0.2, 0.25) is 5.02 Å². The first-order chi connectivity index (χ1) is 11.9. The molecule has 0 unspecified atom stereocenters. The molecule has 0 aliphatic heterocycles. The lowest BCUT2D eigenvalue weighted by molar-refractivity contribution is -0.384. The highest BCUT2D eigenvalue weighted by Crippen LogP contribution is 2.27. The molecule has 128 valence electrons. The van der Waals surface area contributed by atoms with E-state index < -0.39 is 22.4 Å². The second kappa shape index (κ2) is 7.88. The van der Waals surface area contributed by atoms with Gasteiger partial charge in [0.15, 0.2) is 0 Å². The van der Waals surface area contributed by atoms with Gasteiger partial charge in [0, 0.05) is 17.3 Å². The fraction of sp³-hybridized carbons (Fsp3) is 0. The monoisotopic (exact) mass is 362 g/mol. The topological polar surface area (TPSA) is 134 Å². The molecule has 2 rings (SSSR count). The molecule has 0 atom stereocenters. The Balaban J connectivity index is 1.99. The molecule has 0 aliphatic rings. The van der Waals surface area contributed by atoms with Gasteiger partial charge < -0.3 is 10.4 Å². The van der Waals surface area contributed by atoms with Gasteiger partial charge in [-0.3, -0.25) is 19.7 Å². The molecule has 0 fully saturated rings. The quantitative estimate of drug-likeness (QED) is 0.331. The van der Waals surface area contributed by atoms with Crippen LogP contribution in [0, 0.1) is 10.1 Å². The van der Waals surface area contributed by atoms with Gasteiger partial charge in [-0.2, -0.15) is 5.10 Å². The third-order valence-electron chi connectivity index (χ3n) is 2.91. The molecule has 0 saturated carbocycles. The number of nitro benzene ring substituents is 1. The van der Waals surface area contributed by atoms with E-state index in [-0.39, 0.29) is 16.5 Å². The second-order valence-corrected chi connectivity index (χ2v) is 5.04. The van der Waals surface area contributed by atoms with Crippen LogP contribution in [-0.2, 0) is 9.59 Å². The summed E-state index contributed by atoms with van der Waals surface area (Å²) in [6, 6.07) is 9.82. The normalized spacial score (nSPS) is 10.4. The van der Waals surface area contributed by atoms with Gasteiger partial charge in [-0.1, -0.05) is 23.7 Å². The van der Waals surface area contributed by atoms with E-state index in [1.165, 1.54) is 18.2 Å². The van der Waals surface area contributed by atoms with Crippen molar-refractivity contribution in [1.29, 1.82) is 0 Å². The third-order valence-corrected chi connectivity index (χ3v) is 3.23. The minimum atomic E-state index is -1.09. The molecule has 2 aromatic carbocycles. The average molecular weight is 363 g/mol. The molecule has 0 aromatic heterocycles. The first-order valence-corrected chi connectivity index (χ1v) is 7.12. The SMILES string of the molecule is O=C(NN=Cc1ccccc1O)C(=O)Nc1ccc(Cl)c([N+](=O)[O-])c1. The number of para-hydroxylation sites is 1. The number of amides is 2. The minimum absolute atomic E-state index is 0.0286. The summed E-state index contributed by atoms with van der Waals surface area (Å²) < 4.78 is 0. The molecule has 2 aromatic rings. The maximum absolute atomic E-state index is 11.7. The molecule has 3 N–H and O–H groups in total. The summed E-state index contributed by atoms with van der Waals surface area (Å²) in [5.41, 5.74) is 1.94. The number of anilines is 1. The maximum Gasteiger partial charge on any atom is 0.329 e. The third kappa shape index (κ3) is 4.75. The Labute approximate surface area is 146 Å². The van der Waals surface area contributed by atoms with Crippen molar-refractivity contribution in [3.8, 4) is 5.75 Å². The number of nitrogens with zero attached hydrogens (tertiary/aromatic N) is 2. The summed E-state index contributed by atoms with van der Waals surface area (Å²) in [5.74, 6) is -2.21. The molecule has 2 amide bonds. The van der Waals surface area contributed by atoms with E-state index >= 15 is 0 Å². The molecule has 0 saturated heterocycles. The van der Waals surface area contributed by atoms with Crippen LogP contribution in [0.15, 0.2) is 47.6 Å². The van der Waals surface area contributed by atoms with Gasteiger partial charge in [0.05, 0.1) is 11.1 Å². The van der Waals surface area contributed by atoms with E-state index in [1.807, 2.05) is 5.43 Å². The van der Waals surface area contributed by atoms with E-state index in [9.17, 15) is 24.8 Å². The Morgan fingerprint density at radius 3 is 2.60 bits per heavy atom. The zero-order valence-corrected chi connectivity index (χ0v) is 13.2. The van der Waals surface area contributed by atoms with Crippen LogP contribution in [0.1, 0.15) is 5.56 Å². The Kier molecular flexibility index (Phi) is 5.64. The average Bonchev–Trinajstić information content (AvgIpc) is 2.57. The Morgan fingerprint density at radius 2 is 1.92 bits per heavy atom. The molecule has 9 nitrogen and oxygen atoms in total. The first-order valence-electron chi connectivity index (χ1n) is 6.75. The predicted molar refractivity (Wildman–Crippen MR) is 90.6 cm³/mol. The van der Waals surface area contributed by atoms with Crippen molar-refractivity contribution in [3.05, 3.63) is 63.2 Å². The number of nitro groups is 1. The van der Waals surface area contributed by atoms with E-state index in [0.717, 1.165) is 12.3 Å². The van der Waals surface area contributed by atoms with Crippen LogP contribution in [0.3, 0.4) is 0 Å². The van der Waals surface area contributed by atoms with Crippen molar-refractivity contribution in [2.75, 3.05) is 5.32 Å². The summed E-state index contributed by atoms with van der Waals surface area (Å²) >= 11 is 5.66. The molecule has 0 aliphatic carbocycles. The number of phenolic OH excluding ortho intramolecular Hbond substituents is 1. The number of carbonyl (C=O) groups excluding carboxylic acids is 2. The summed E-state index contributed by atoms with van der Waals surface area (Å²) in [4.78, 5) is 33.5. The number of carbonyl (C=O) groups is 2. The number of hydrogen-bond acceptors (Lipinski definition) is 6. The van der Waals surface area contributed by atoms with Gasteiger partial charge in [-0.15, -0.1) is 0 Å². The Bertz CT molecular complexity index is 869. The van der Waals surface area contributed by atoms with Crippen molar-refractivity contribution >= 4 is 41.0 Å². The van der Waals surface area contributed by atoms with E-state index in [0.29, 0.717) is 5.56 Å². The van der Waals surface area contributed by atoms with Crippen molar-refractivity contribution in [1.82, 2.24) is 5.43 Å². The lowest BCUT2D eigenvalue weighted by Crippen LogP contribution is -2.32. The zero-order valence-electron chi connectivity index (χ0n) is 12.5.